The molecule has 0 unspecified atom stereocenters. The number of carbonyl (C=O) groups excluding carboxylic acids is 1. The van der Waals surface area contributed by atoms with Gasteiger partial charge in [-0.1, -0.05) is 29.5 Å². The van der Waals surface area contributed by atoms with Gasteiger partial charge in [-0.15, -0.1) is 20.4 Å². The molecule has 0 aliphatic heterocycles. The minimum Gasteiger partial charge on any atom is -0.467 e. The lowest BCUT2D eigenvalue weighted by Crippen LogP contribution is -2.14. The Kier molecular flexibility index (Phi) is 5.59. The number of benzene rings is 1. The predicted molar refractivity (Wildman–Crippen MR) is 106 cm³/mol. The van der Waals surface area contributed by atoms with Crippen molar-refractivity contribution in [2.75, 3.05) is 10.6 Å². The monoisotopic (exact) mass is 410 g/mol. The maximum atomic E-state index is 12.2. The van der Waals surface area contributed by atoms with Crippen LogP contribution in [0.4, 0.5) is 10.8 Å². The summed E-state index contributed by atoms with van der Waals surface area (Å²) in [6.07, 6.45) is 1.63. The predicted octanol–water partition coefficient (Wildman–Crippen LogP) is 3.94. The van der Waals surface area contributed by atoms with E-state index in [4.69, 9.17) is 4.42 Å². The van der Waals surface area contributed by atoms with E-state index in [0.717, 1.165) is 10.1 Å². The van der Waals surface area contributed by atoms with Crippen LogP contribution in [0.3, 0.4) is 0 Å². The highest BCUT2D eigenvalue weighted by Crippen LogP contribution is 2.30. The lowest BCUT2D eigenvalue weighted by atomic mass is 10.3. The Morgan fingerprint density at radius 2 is 1.89 bits per heavy atom. The third-order valence-electron chi connectivity index (χ3n) is 3.50. The Bertz CT molecular complexity index is 1040. The third-order valence-corrected chi connectivity index (χ3v) is 5.36. The molecule has 28 heavy (non-hydrogen) atoms. The van der Waals surface area contributed by atoms with E-state index in [1.165, 1.54) is 23.1 Å². The Hall–Kier alpha value is -3.24. The van der Waals surface area contributed by atoms with E-state index in [0.29, 0.717) is 22.4 Å². The number of aromatic nitrogens is 4. The van der Waals surface area contributed by atoms with Crippen LogP contribution in [0.2, 0.25) is 0 Å². The third kappa shape index (κ3) is 4.72. The molecule has 4 aromatic rings. The number of carbonyl (C=O) groups is 1. The molecule has 1 amide bonds. The molecular formula is C18H14N6O2S2. The maximum absolute atomic E-state index is 12.2. The lowest BCUT2D eigenvalue weighted by molar-refractivity contribution is 0.102. The molecule has 0 fully saturated rings. The average molecular weight is 410 g/mol. The Balaban J connectivity index is 1.33. The number of hydrogen-bond donors (Lipinski definition) is 2. The zero-order valence-electron chi connectivity index (χ0n) is 14.4. The van der Waals surface area contributed by atoms with Crippen LogP contribution in [0.5, 0.6) is 0 Å². The highest BCUT2D eigenvalue weighted by molar-refractivity contribution is 8.01. The second-order valence-electron chi connectivity index (χ2n) is 5.49. The molecule has 0 spiro atoms. The molecule has 140 valence electrons. The van der Waals surface area contributed by atoms with E-state index in [9.17, 15) is 4.79 Å². The number of rotatable bonds is 7. The minimum atomic E-state index is -0.310. The zero-order valence-corrected chi connectivity index (χ0v) is 16.0. The SMILES string of the molecule is O=C(Nc1ccccc1)c1ccc(Sc2nnc(NCc3ccco3)s2)nn1. The Labute approximate surface area is 168 Å². The lowest BCUT2D eigenvalue weighted by Gasteiger charge is -2.04. The first-order chi connectivity index (χ1) is 13.8. The smallest absolute Gasteiger partial charge is 0.276 e. The van der Waals surface area contributed by atoms with Crippen molar-refractivity contribution in [3.8, 4) is 0 Å². The van der Waals surface area contributed by atoms with E-state index in [-0.39, 0.29) is 11.6 Å². The van der Waals surface area contributed by atoms with Crippen LogP contribution in [0.1, 0.15) is 16.2 Å². The fourth-order valence-electron chi connectivity index (χ4n) is 2.20. The van der Waals surface area contributed by atoms with Gasteiger partial charge in [0, 0.05) is 5.69 Å². The van der Waals surface area contributed by atoms with Gasteiger partial charge in [0.25, 0.3) is 5.91 Å². The molecule has 4 rings (SSSR count). The molecule has 0 saturated carbocycles. The molecule has 0 atom stereocenters. The molecular weight excluding hydrogens is 396 g/mol. The summed E-state index contributed by atoms with van der Waals surface area (Å²) in [5.74, 6) is 0.509. The van der Waals surface area contributed by atoms with Gasteiger partial charge in [0.1, 0.15) is 10.8 Å². The highest BCUT2D eigenvalue weighted by Gasteiger charge is 2.11. The number of amides is 1. The summed E-state index contributed by atoms with van der Waals surface area (Å²) in [6.45, 7) is 0.539. The van der Waals surface area contributed by atoms with Gasteiger partial charge in [-0.25, -0.2) is 0 Å². The first kappa shape index (κ1) is 18.1. The van der Waals surface area contributed by atoms with Crippen LogP contribution >= 0.6 is 23.1 Å². The van der Waals surface area contributed by atoms with Gasteiger partial charge in [0.05, 0.1) is 12.8 Å². The summed E-state index contributed by atoms with van der Waals surface area (Å²) in [7, 11) is 0. The zero-order chi connectivity index (χ0) is 19.2. The van der Waals surface area contributed by atoms with Crippen molar-refractivity contribution in [1.29, 1.82) is 0 Å². The van der Waals surface area contributed by atoms with Crippen LogP contribution in [0.15, 0.2) is 74.6 Å². The number of nitrogens with one attached hydrogen (secondary N) is 2. The second-order valence-corrected chi connectivity index (χ2v) is 7.73. The summed E-state index contributed by atoms with van der Waals surface area (Å²) >= 11 is 2.74. The van der Waals surface area contributed by atoms with E-state index < -0.39 is 0 Å². The molecule has 2 N–H and O–H groups in total. The Morgan fingerprint density at radius 1 is 1.00 bits per heavy atom. The summed E-state index contributed by atoms with van der Waals surface area (Å²) in [6, 6.07) is 16.3. The largest absolute Gasteiger partial charge is 0.467 e. The Morgan fingerprint density at radius 3 is 2.64 bits per heavy atom. The average Bonchev–Trinajstić information content (AvgIpc) is 3.40. The number of anilines is 2. The summed E-state index contributed by atoms with van der Waals surface area (Å²) < 4.78 is 5.98. The first-order valence-electron chi connectivity index (χ1n) is 8.24. The maximum Gasteiger partial charge on any atom is 0.276 e. The van der Waals surface area contributed by atoms with Crippen LogP contribution < -0.4 is 10.6 Å². The number of furan rings is 1. The van der Waals surface area contributed by atoms with E-state index in [1.807, 2.05) is 42.5 Å². The van der Waals surface area contributed by atoms with Gasteiger partial charge in [-0.3, -0.25) is 4.79 Å². The van der Waals surface area contributed by atoms with E-state index in [2.05, 4.69) is 31.0 Å². The van der Waals surface area contributed by atoms with Crippen molar-refractivity contribution in [2.45, 2.75) is 15.9 Å². The van der Waals surface area contributed by atoms with E-state index in [1.54, 1.807) is 18.4 Å². The molecule has 8 nitrogen and oxygen atoms in total. The van der Waals surface area contributed by atoms with Gasteiger partial charge < -0.3 is 15.1 Å². The molecule has 0 aliphatic rings. The molecule has 0 bridgehead atoms. The van der Waals surface area contributed by atoms with Gasteiger partial charge in [0.15, 0.2) is 10.0 Å². The standard InChI is InChI=1S/C18H14N6O2S2/c25-16(20-12-5-2-1-3-6-12)14-8-9-15(22-21-14)27-18-24-23-17(28-18)19-11-13-7-4-10-26-13/h1-10H,11H2,(H,19,23)(H,20,25). The first-order valence-corrected chi connectivity index (χ1v) is 9.87. The molecule has 0 radical (unpaired) electrons. The van der Waals surface area contributed by atoms with E-state index >= 15 is 0 Å². The number of para-hydroxylation sites is 1. The minimum absolute atomic E-state index is 0.242. The van der Waals surface area contributed by atoms with Crippen molar-refractivity contribution >= 4 is 39.8 Å². The normalized spacial score (nSPS) is 10.6. The van der Waals surface area contributed by atoms with Crippen LogP contribution in [0.25, 0.3) is 0 Å². The van der Waals surface area contributed by atoms with Crippen molar-refractivity contribution in [3.05, 3.63) is 72.3 Å². The quantitative estimate of drug-likeness (QED) is 0.472. The fraction of sp³-hybridized carbons (Fsp3) is 0.0556. The summed E-state index contributed by atoms with van der Waals surface area (Å²) in [5, 5.41) is 23.5. The molecule has 10 heteroatoms. The summed E-state index contributed by atoms with van der Waals surface area (Å²) in [4.78, 5) is 12.2. The van der Waals surface area contributed by atoms with Gasteiger partial charge in [-0.2, -0.15) is 0 Å². The number of nitrogens with zero attached hydrogens (tertiary/aromatic N) is 4. The molecule has 0 aliphatic carbocycles. The summed E-state index contributed by atoms with van der Waals surface area (Å²) in [5.41, 5.74) is 0.947. The van der Waals surface area contributed by atoms with Crippen molar-refractivity contribution in [3.63, 3.8) is 0 Å². The van der Waals surface area contributed by atoms with Crippen molar-refractivity contribution < 1.29 is 9.21 Å². The van der Waals surface area contributed by atoms with Gasteiger partial charge >= 0.3 is 0 Å². The van der Waals surface area contributed by atoms with Crippen molar-refractivity contribution in [2.24, 2.45) is 0 Å². The highest BCUT2D eigenvalue weighted by atomic mass is 32.2. The van der Waals surface area contributed by atoms with Crippen LogP contribution in [-0.2, 0) is 6.54 Å². The van der Waals surface area contributed by atoms with Gasteiger partial charge in [-0.05, 0) is 48.2 Å². The topological polar surface area (TPSA) is 106 Å². The fourth-order valence-corrected chi connectivity index (χ4v) is 3.81. The molecule has 3 heterocycles. The molecule has 3 aromatic heterocycles. The number of hydrogen-bond acceptors (Lipinski definition) is 9. The van der Waals surface area contributed by atoms with Crippen LogP contribution in [-0.4, -0.2) is 26.3 Å². The van der Waals surface area contributed by atoms with Gasteiger partial charge in [0.2, 0.25) is 5.13 Å². The molecule has 0 saturated heterocycles. The second kappa shape index (κ2) is 8.63. The van der Waals surface area contributed by atoms with Crippen LogP contribution in [0, 0.1) is 0 Å². The van der Waals surface area contributed by atoms with Crippen molar-refractivity contribution in [1.82, 2.24) is 20.4 Å². The molecule has 1 aromatic carbocycles.